The number of hydrogen-bond acceptors (Lipinski definition) is 12. The number of phenolic OH excluding ortho intramolecular Hbond substituents is 1. The number of benzene rings is 6. The minimum Gasteiger partial charge on any atom is -0.508 e. The summed E-state index contributed by atoms with van der Waals surface area (Å²) in [7, 11) is 0. The SMILES string of the molecule is C=CCOC(=O)[C@H]1[C@@H]2C(=O)O[C@@H](c3ccccc3)[C@@H](c3ccccc3)N2[C@@H](c2ccc(OCCOC(=O)[C@@H]3C[C@@H]4C(=O)N[C@@H](Cc5ccccc5)C(=O)N4[C@@H]3c3ccc(O)cc3)cc2)[C@]12C(=O)Nc1ccccc12. The first kappa shape index (κ1) is 47.7. The van der Waals surface area contributed by atoms with Crippen LogP contribution in [0.1, 0.15) is 64.0 Å². The largest absolute Gasteiger partial charge is 0.508 e. The Morgan fingerprint density at radius 2 is 1.34 bits per heavy atom. The number of esters is 3. The molecule has 4 fully saturated rings. The predicted molar refractivity (Wildman–Crippen MR) is 269 cm³/mol. The van der Waals surface area contributed by atoms with Crippen molar-refractivity contribution in [2.24, 2.45) is 11.8 Å². The lowest BCUT2D eigenvalue weighted by Crippen LogP contribution is -2.62. The maximum atomic E-state index is 15.1. The number of nitrogens with one attached hydrogen (secondary N) is 2. The van der Waals surface area contributed by atoms with E-state index in [0.717, 1.165) is 16.7 Å². The fourth-order valence-electron chi connectivity index (χ4n) is 12.1. The second-order valence-corrected chi connectivity index (χ2v) is 19.2. The zero-order valence-electron chi connectivity index (χ0n) is 40.0. The predicted octanol–water partition coefficient (Wildman–Crippen LogP) is 7.01. The number of hydrogen-bond donors (Lipinski definition) is 3. The second kappa shape index (κ2) is 19.8. The van der Waals surface area contributed by atoms with E-state index in [1.807, 2.05) is 102 Å². The fourth-order valence-corrected chi connectivity index (χ4v) is 12.1. The third-order valence-corrected chi connectivity index (χ3v) is 15.1. The van der Waals surface area contributed by atoms with Crippen LogP contribution in [0.5, 0.6) is 11.5 Å². The van der Waals surface area contributed by atoms with Crippen LogP contribution >= 0.6 is 0 Å². The summed E-state index contributed by atoms with van der Waals surface area (Å²) >= 11 is 0. The van der Waals surface area contributed by atoms with Crippen molar-refractivity contribution < 1.29 is 52.8 Å². The summed E-state index contributed by atoms with van der Waals surface area (Å²) in [5, 5.41) is 16.0. The van der Waals surface area contributed by atoms with Crippen molar-refractivity contribution in [1.29, 1.82) is 0 Å². The maximum absolute atomic E-state index is 15.1. The normalized spacial score (nSPS) is 26.8. The van der Waals surface area contributed by atoms with E-state index >= 15 is 4.79 Å². The molecule has 374 valence electrons. The third kappa shape index (κ3) is 8.22. The number of rotatable bonds is 14. The Bertz CT molecular complexity index is 3120. The van der Waals surface area contributed by atoms with Gasteiger partial charge in [0.05, 0.1) is 24.0 Å². The van der Waals surface area contributed by atoms with Crippen LogP contribution in [0, 0.1) is 11.8 Å². The summed E-state index contributed by atoms with van der Waals surface area (Å²) in [5.74, 6) is -5.05. The number of fused-ring (bicyclic) bond motifs is 4. The third-order valence-electron chi connectivity index (χ3n) is 15.1. The van der Waals surface area contributed by atoms with Crippen LogP contribution < -0.4 is 15.4 Å². The van der Waals surface area contributed by atoms with Crippen LogP contribution in [0.25, 0.3) is 0 Å². The van der Waals surface area contributed by atoms with Gasteiger partial charge in [-0.15, -0.1) is 0 Å². The number of ether oxygens (including phenoxy) is 4. The number of morpholine rings is 1. The van der Waals surface area contributed by atoms with E-state index in [2.05, 4.69) is 17.2 Å². The Labute approximate surface area is 426 Å². The quantitative estimate of drug-likeness (QED) is 0.0439. The highest BCUT2D eigenvalue weighted by Crippen LogP contribution is 2.65. The van der Waals surface area contributed by atoms with Crippen LogP contribution in [-0.2, 0) is 54.8 Å². The van der Waals surface area contributed by atoms with Crippen molar-refractivity contribution in [2.75, 3.05) is 25.1 Å². The van der Waals surface area contributed by atoms with Gasteiger partial charge < -0.3 is 39.6 Å². The molecule has 0 unspecified atom stereocenters. The number of carbonyl (C=O) groups is 6. The molecule has 0 bridgehead atoms. The molecule has 15 nitrogen and oxygen atoms in total. The zero-order chi connectivity index (χ0) is 51.1. The first-order valence-corrected chi connectivity index (χ1v) is 24.7. The molecule has 10 atom stereocenters. The topological polar surface area (TPSA) is 190 Å². The molecule has 1 spiro atoms. The van der Waals surface area contributed by atoms with Gasteiger partial charge in [0.2, 0.25) is 17.7 Å². The van der Waals surface area contributed by atoms with Gasteiger partial charge in [-0.25, -0.2) is 0 Å². The van der Waals surface area contributed by atoms with E-state index in [9.17, 15) is 29.1 Å². The molecule has 74 heavy (non-hydrogen) atoms. The van der Waals surface area contributed by atoms with Crippen LogP contribution in [0.4, 0.5) is 5.69 Å². The molecule has 3 amide bonds. The van der Waals surface area contributed by atoms with E-state index in [1.54, 1.807) is 54.6 Å². The molecule has 11 rings (SSSR count). The smallest absolute Gasteiger partial charge is 0.325 e. The van der Waals surface area contributed by atoms with Crippen LogP contribution in [0.3, 0.4) is 0 Å². The van der Waals surface area contributed by atoms with Gasteiger partial charge in [-0.05, 0) is 70.1 Å². The number of para-hydroxylation sites is 1. The minimum atomic E-state index is -1.70. The molecule has 0 aromatic heterocycles. The number of phenols is 1. The highest BCUT2D eigenvalue weighted by molar-refractivity contribution is 6.11. The van der Waals surface area contributed by atoms with Gasteiger partial charge in [-0.1, -0.05) is 146 Å². The molecular formula is C59H52N4O11. The molecule has 5 aliphatic heterocycles. The Hall–Kier alpha value is -8.56. The van der Waals surface area contributed by atoms with Gasteiger partial charge in [0.25, 0.3) is 0 Å². The summed E-state index contributed by atoms with van der Waals surface area (Å²) in [6.07, 6.45) is 0.904. The second-order valence-electron chi connectivity index (χ2n) is 19.2. The maximum Gasteiger partial charge on any atom is 0.325 e. The average Bonchev–Trinajstić information content (AvgIpc) is 4.13. The number of cyclic esters (lactones) is 1. The number of anilines is 1. The van der Waals surface area contributed by atoms with Gasteiger partial charge in [0.15, 0.2) is 0 Å². The van der Waals surface area contributed by atoms with Gasteiger partial charge in [-0.2, -0.15) is 0 Å². The summed E-state index contributed by atoms with van der Waals surface area (Å²) in [5.41, 5.74) is 2.91. The summed E-state index contributed by atoms with van der Waals surface area (Å²) < 4.78 is 24.2. The van der Waals surface area contributed by atoms with Crippen LogP contribution in [-0.4, -0.2) is 88.5 Å². The number of aromatic hydroxyl groups is 1. The molecule has 0 aliphatic carbocycles. The van der Waals surface area contributed by atoms with E-state index in [-0.39, 0.29) is 50.2 Å². The molecule has 3 N–H and O–H groups in total. The van der Waals surface area contributed by atoms with Gasteiger partial charge in [-0.3, -0.25) is 33.7 Å². The van der Waals surface area contributed by atoms with Crippen molar-refractivity contribution >= 4 is 41.3 Å². The van der Waals surface area contributed by atoms with E-state index < -0.39 is 83.4 Å². The van der Waals surface area contributed by atoms with Gasteiger partial charge >= 0.3 is 17.9 Å². The van der Waals surface area contributed by atoms with Crippen LogP contribution in [0.2, 0.25) is 0 Å². The van der Waals surface area contributed by atoms with Gasteiger partial charge in [0.1, 0.15) is 66.9 Å². The van der Waals surface area contributed by atoms with Crippen molar-refractivity contribution in [3.63, 3.8) is 0 Å². The molecular weight excluding hydrogens is 941 g/mol. The standard InChI is InChI=1S/C59H52N4O11/c1-2-30-72-56(68)47-50-57(69)74-51(38-18-10-5-11-19-38)49(36-16-8-4-9-17-36)63(50)52(59(47)43-20-12-13-21-44(43)61-58(59)70)39-24-28-41(29-25-39)71-31-32-73-55(67)42-34-46-53(65)60-45(33-35-14-6-3-7-15-35)54(66)62(46)48(42)37-22-26-40(64)27-23-37/h2-29,42,45-52,64H,1,30-34H2,(H,60,65)(H,61,70)/t42-,45+,46-,47-,48-,49-,50-,51+,52+,59-/m1/s1. The number of nitrogens with zero attached hydrogens (tertiary/aromatic N) is 2. The molecule has 5 heterocycles. The fraction of sp³-hybridized carbons (Fsp3) is 0.254. The van der Waals surface area contributed by atoms with E-state index in [0.29, 0.717) is 28.1 Å². The van der Waals surface area contributed by atoms with Crippen molar-refractivity contribution in [2.45, 2.75) is 60.6 Å². The summed E-state index contributed by atoms with van der Waals surface area (Å²) in [6.45, 7) is 3.35. The van der Waals surface area contributed by atoms with Crippen molar-refractivity contribution in [1.82, 2.24) is 15.1 Å². The molecule has 0 radical (unpaired) electrons. The summed E-state index contributed by atoms with van der Waals surface area (Å²) in [6, 6.07) is 43.3. The lowest BCUT2D eigenvalue weighted by Gasteiger charge is -2.46. The summed E-state index contributed by atoms with van der Waals surface area (Å²) in [4.78, 5) is 90.0. The molecule has 5 aliphatic rings. The van der Waals surface area contributed by atoms with Crippen molar-refractivity contribution in [3.8, 4) is 11.5 Å². The Morgan fingerprint density at radius 1 is 0.703 bits per heavy atom. The number of amides is 3. The Kier molecular flexibility index (Phi) is 12.8. The Balaban J connectivity index is 0.883. The molecule has 6 aromatic rings. The van der Waals surface area contributed by atoms with Crippen LogP contribution in [0.15, 0.2) is 176 Å². The Morgan fingerprint density at radius 3 is 2.04 bits per heavy atom. The first-order valence-electron chi connectivity index (χ1n) is 24.7. The minimum absolute atomic E-state index is 0.0102. The highest BCUT2D eigenvalue weighted by atomic mass is 16.6. The van der Waals surface area contributed by atoms with Gasteiger partial charge in [0, 0.05) is 12.1 Å². The molecule has 15 heteroatoms. The molecule has 0 saturated carbocycles. The molecule has 6 aromatic carbocycles. The highest BCUT2D eigenvalue weighted by Gasteiger charge is 2.74. The van der Waals surface area contributed by atoms with E-state index in [4.69, 9.17) is 18.9 Å². The lowest BCUT2D eigenvalue weighted by molar-refractivity contribution is -0.180. The lowest BCUT2D eigenvalue weighted by atomic mass is 9.65. The monoisotopic (exact) mass is 992 g/mol. The first-order chi connectivity index (χ1) is 36.1. The number of carbonyl (C=O) groups excluding carboxylic acids is 6. The average molecular weight is 993 g/mol. The van der Waals surface area contributed by atoms with Crippen molar-refractivity contribution in [3.05, 3.63) is 210 Å². The molecule has 4 saturated heterocycles. The van der Waals surface area contributed by atoms with E-state index in [1.165, 1.54) is 23.1 Å². The number of piperazine rings is 1. The zero-order valence-corrected chi connectivity index (χ0v) is 40.0.